The molecule has 0 bridgehead atoms. The third-order valence-corrected chi connectivity index (χ3v) is 5.25. The summed E-state index contributed by atoms with van der Waals surface area (Å²) in [6.07, 6.45) is 6.40. The number of rotatable bonds is 9. The Labute approximate surface area is 185 Å². The van der Waals surface area contributed by atoms with Crippen LogP contribution >= 0.6 is 0 Å². The highest BCUT2D eigenvalue weighted by atomic mass is 16.5. The van der Waals surface area contributed by atoms with Gasteiger partial charge in [-0.05, 0) is 29.7 Å². The summed E-state index contributed by atoms with van der Waals surface area (Å²) in [6.45, 7) is 4.17. The number of ether oxygens (including phenoxy) is 3. The van der Waals surface area contributed by atoms with Gasteiger partial charge < -0.3 is 24.4 Å². The molecule has 164 valence electrons. The van der Waals surface area contributed by atoms with Crippen LogP contribution in [0.25, 0.3) is 0 Å². The topological polar surface area (TPSA) is 55.3 Å². The molecule has 0 amide bonds. The smallest absolute Gasteiger partial charge is 0.193 e. The summed E-state index contributed by atoms with van der Waals surface area (Å²) in [5.74, 6) is 5.20. The van der Waals surface area contributed by atoms with Gasteiger partial charge in [-0.2, -0.15) is 0 Å². The molecule has 3 rings (SSSR count). The van der Waals surface area contributed by atoms with Crippen molar-refractivity contribution in [1.82, 2.24) is 10.2 Å². The second kappa shape index (κ2) is 11.9. The average molecular weight is 422 g/mol. The van der Waals surface area contributed by atoms with E-state index in [9.17, 15) is 0 Å². The fourth-order valence-corrected chi connectivity index (χ4v) is 3.66. The highest BCUT2D eigenvalue weighted by Gasteiger charge is 2.25. The van der Waals surface area contributed by atoms with Crippen LogP contribution in [-0.4, -0.2) is 51.3 Å². The molecule has 1 atom stereocenters. The average Bonchev–Trinajstić information content (AvgIpc) is 3.27. The molecule has 1 saturated heterocycles. The molecule has 2 aromatic carbocycles. The van der Waals surface area contributed by atoms with E-state index in [1.165, 1.54) is 5.56 Å². The fraction of sp³-hybridized carbons (Fsp3) is 0.400. The largest absolute Gasteiger partial charge is 0.493 e. The molecule has 31 heavy (non-hydrogen) atoms. The molecule has 1 aliphatic rings. The minimum absolute atomic E-state index is 0.205. The van der Waals surface area contributed by atoms with Crippen LogP contribution in [0.4, 0.5) is 0 Å². The van der Waals surface area contributed by atoms with Gasteiger partial charge in [0, 0.05) is 32.6 Å². The zero-order valence-electron chi connectivity index (χ0n) is 18.3. The van der Waals surface area contributed by atoms with Crippen molar-refractivity contribution >= 4 is 5.96 Å². The molecule has 1 heterocycles. The lowest BCUT2D eigenvalue weighted by Gasteiger charge is -2.22. The van der Waals surface area contributed by atoms with Gasteiger partial charge in [-0.1, -0.05) is 42.3 Å². The monoisotopic (exact) mass is 421 g/mol. The second-order valence-corrected chi connectivity index (χ2v) is 7.48. The van der Waals surface area contributed by atoms with E-state index in [1.807, 2.05) is 43.4 Å². The molecule has 0 aromatic heterocycles. The van der Waals surface area contributed by atoms with Gasteiger partial charge in [0.25, 0.3) is 0 Å². The fourth-order valence-electron chi connectivity index (χ4n) is 3.66. The summed E-state index contributed by atoms with van der Waals surface area (Å²) in [5.41, 5.74) is 2.27. The van der Waals surface area contributed by atoms with E-state index in [1.54, 1.807) is 7.11 Å². The number of aliphatic imine (C=N–C) groups is 1. The first-order valence-corrected chi connectivity index (χ1v) is 10.5. The van der Waals surface area contributed by atoms with Crippen molar-refractivity contribution in [3.8, 4) is 23.8 Å². The van der Waals surface area contributed by atoms with E-state index < -0.39 is 0 Å². The van der Waals surface area contributed by atoms with Crippen LogP contribution in [0.15, 0.2) is 53.5 Å². The number of benzene rings is 2. The maximum absolute atomic E-state index is 5.94. The Morgan fingerprint density at radius 1 is 1.19 bits per heavy atom. The Morgan fingerprint density at radius 2 is 2.03 bits per heavy atom. The molecule has 6 heteroatoms. The number of terminal acetylenes is 1. The maximum Gasteiger partial charge on any atom is 0.193 e. The first-order chi connectivity index (χ1) is 15.2. The van der Waals surface area contributed by atoms with E-state index in [2.05, 4.69) is 33.3 Å². The van der Waals surface area contributed by atoms with E-state index in [0.717, 1.165) is 37.6 Å². The van der Waals surface area contributed by atoms with E-state index in [0.29, 0.717) is 30.6 Å². The Morgan fingerprint density at radius 3 is 2.77 bits per heavy atom. The number of methoxy groups -OCH3 is 1. The van der Waals surface area contributed by atoms with Gasteiger partial charge in [-0.3, -0.25) is 4.99 Å². The Hall–Kier alpha value is -3.17. The van der Waals surface area contributed by atoms with E-state index in [4.69, 9.17) is 20.6 Å². The molecule has 0 radical (unpaired) electrons. The van der Waals surface area contributed by atoms with Crippen molar-refractivity contribution in [3.05, 3.63) is 59.7 Å². The number of guanidine groups is 1. The zero-order chi connectivity index (χ0) is 21.9. The minimum atomic E-state index is 0.205. The Bertz CT molecular complexity index is 893. The summed E-state index contributed by atoms with van der Waals surface area (Å²) in [6, 6.07) is 16.1. The van der Waals surface area contributed by atoms with Crippen LogP contribution in [0, 0.1) is 18.3 Å². The third-order valence-electron chi connectivity index (χ3n) is 5.25. The molecule has 2 aromatic rings. The molecule has 1 fully saturated rings. The molecule has 6 nitrogen and oxygen atoms in total. The van der Waals surface area contributed by atoms with Gasteiger partial charge in [-0.25, -0.2) is 0 Å². The summed E-state index contributed by atoms with van der Waals surface area (Å²) >= 11 is 0. The highest BCUT2D eigenvalue weighted by Crippen LogP contribution is 2.28. The van der Waals surface area contributed by atoms with Crippen molar-refractivity contribution in [3.63, 3.8) is 0 Å². The minimum Gasteiger partial charge on any atom is -0.493 e. The van der Waals surface area contributed by atoms with Gasteiger partial charge in [0.2, 0.25) is 0 Å². The lowest BCUT2D eigenvalue weighted by atomic mass is 10.1. The second-order valence-electron chi connectivity index (χ2n) is 7.48. The van der Waals surface area contributed by atoms with Crippen molar-refractivity contribution in [2.45, 2.75) is 19.6 Å². The van der Waals surface area contributed by atoms with Crippen LogP contribution in [0.2, 0.25) is 0 Å². The van der Waals surface area contributed by atoms with Crippen LogP contribution in [0.3, 0.4) is 0 Å². The van der Waals surface area contributed by atoms with Crippen LogP contribution in [-0.2, 0) is 17.9 Å². The number of nitrogens with zero attached hydrogens (tertiary/aromatic N) is 2. The zero-order valence-corrected chi connectivity index (χ0v) is 18.3. The summed E-state index contributed by atoms with van der Waals surface area (Å²) in [4.78, 5) is 6.75. The van der Waals surface area contributed by atoms with E-state index >= 15 is 0 Å². The highest BCUT2D eigenvalue weighted by molar-refractivity contribution is 5.80. The molecule has 0 saturated carbocycles. The van der Waals surface area contributed by atoms with Crippen molar-refractivity contribution in [2.75, 3.05) is 40.5 Å². The van der Waals surface area contributed by atoms with Gasteiger partial charge in [0.05, 0.1) is 20.3 Å². The molecular formula is C25H31N3O3. The third kappa shape index (κ3) is 6.66. The summed E-state index contributed by atoms with van der Waals surface area (Å²) in [7, 11) is 3.43. The number of hydrogen-bond donors (Lipinski definition) is 1. The molecular weight excluding hydrogens is 390 g/mol. The lowest BCUT2D eigenvalue weighted by Crippen LogP contribution is -2.39. The SMILES string of the molecule is C#CCOc1cc(CNC(=NC)N2CCC(COCc3ccccc3)C2)ccc1OC. The molecule has 0 spiro atoms. The molecule has 1 unspecified atom stereocenters. The van der Waals surface area contributed by atoms with Crippen LogP contribution in [0.1, 0.15) is 17.5 Å². The van der Waals surface area contributed by atoms with Gasteiger partial charge in [0.1, 0.15) is 6.61 Å². The normalized spacial score (nSPS) is 16.1. The van der Waals surface area contributed by atoms with Crippen LogP contribution < -0.4 is 14.8 Å². The number of nitrogens with one attached hydrogen (secondary N) is 1. The quantitative estimate of drug-likeness (QED) is 0.382. The predicted molar refractivity (Wildman–Crippen MR) is 123 cm³/mol. The maximum atomic E-state index is 5.94. The van der Waals surface area contributed by atoms with Gasteiger partial charge in [-0.15, -0.1) is 6.42 Å². The molecule has 1 N–H and O–H groups in total. The molecule has 1 aliphatic heterocycles. The summed E-state index contributed by atoms with van der Waals surface area (Å²) < 4.78 is 16.9. The first-order valence-electron chi connectivity index (χ1n) is 10.5. The number of likely N-dealkylation sites (tertiary alicyclic amines) is 1. The lowest BCUT2D eigenvalue weighted by molar-refractivity contribution is 0.0906. The first kappa shape index (κ1) is 22.5. The van der Waals surface area contributed by atoms with Crippen molar-refractivity contribution in [1.29, 1.82) is 0 Å². The van der Waals surface area contributed by atoms with Gasteiger partial charge >= 0.3 is 0 Å². The van der Waals surface area contributed by atoms with Crippen LogP contribution in [0.5, 0.6) is 11.5 Å². The molecule has 0 aliphatic carbocycles. The van der Waals surface area contributed by atoms with Crippen molar-refractivity contribution < 1.29 is 14.2 Å². The Balaban J connectivity index is 1.47. The summed E-state index contributed by atoms with van der Waals surface area (Å²) in [5, 5.41) is 3.45. The standard InChI is InChI=1S/C25H31N3O3/c1-4-14-31-24-15-21(10-11-23(24)29-3)16-27-25(26-2)28-13-12-22(17-28)19-30-18-20-8-6-5-7-9-20/h1,5-11,15,22H,12-14,16-19H2,2-3H3,(H,26,27). The predicted octanol–water partition coefficient (Wildman–Crippen LogP) is 3.32. The number of hydrogen-bond acceptors (Lipinski definition) is 4. The van der Waals surface area contributed by atoms with E-state index in [-0.39, 0.29) is 6.61 Å². The van der Waals surface area contributed by atoms with Gasteiger partial charge in [0.15, 0.2) is 17.5 Å². The Kier molecular flexibility index (Phi) is 8.62. The van der Waals surface area contributed by atoms with Crippen molar-refractivity contribution in [2.24, 2.45) is 10.9 Å².